The van der Waals surface area contributed by atoms with Crippen LogP contribution in [-0.4, -0.2) is 18.8 Å². The molecule has 1 unspecified atom stereocenters. The summed E-state index contributed by atoms with van der Waals surface area (Å²) in [5, 5.41) is 0. The lowest BCUT2D eigenvalue weighted by Crippen LogP contribution is -2.47. The van der Waals surface area contributed by atoms with Gasteiger partial charge in [0.15, 0.2) is 0 Å². The monoisotopic (exact) mass is 329 g/mol. The fourth-order valence-electron chi connectivity index (χ4n) is 2.42. The quantitative estimate of drug-likeness (QED) is 0.918. The summed E-state index contributed by atoms with van der Waals surface area (Å²) in [4.78, 5) is 0. The van der Waals surface area contributed by atoms with Crippen LogP contribution in [0.4, 0.5) is 4.39 Å². The van der Waals surface area contributed by atoms with Crippen molar-refractivity contribution in [1.82, 2.24) is 0 Å². The third kappa shape index (κ3) is 2.79. The van der Waals surface area contributed by atoms with Gasteiger partial charge in [-0.2, -0.15) is 0 Å². The predicted octanol–water partition coefficient (Wildman–Crippen LogP) is 3.64. The molecule has 1 aliphatic heterocycles. The van der Waals surface area contributed by atoms with Crippen LogP contribution < -0.4 is 10.5 Å². The molecule has 0 amide bonds. The maximum absolute atomic E-state index is 15.1. The van der Waals surface area contributed by atoms with E-state index in [0.717, 1.165) is 27.8 Å². The summed E-state index contributed by atoms with van der Waals surface area (Å²) in [5.74, 6) is 0.850. The number of ether oxygens (including phenoxy) is 1. The van der Waals surface area contributed by atoms with E-state index in [2.05, 4.69) is 15.9 Å². The summed E-state index contributed by atoms with van der Waals surface area (Å²) in [6.07, 6.45) is 1.17. The van der Waals surface area contributed by atoms with E-state index in [0.29, 0.717) is 6.61 Å². The summed E-state index contributed by atoms with van der Waals surface area (Å²) in [5.41, 5.74) is 5.81. The highest BCUT2D eigenvalue weighted by Crippen LogP contribution is 2.41. The smallest absolute Gasteiger partial charge is 0.132 e. The van der Waals surface area contributed by atoms with Gasteiger partial charge in [0, 0.05) is 23.9 Å². The van der Waals surface area contributed by atoms with E-state index in [4.69, 9.17) is 10.5 Å². The van der Waals surface area contributed by atoms with E-state index in [-0.39, 0.29) is 13.0 Å². The molecule has 106 valence electrons. The Bertz CT molecular complexity index is 484. The molecule has 1 aliphatic rings. The van der Waals surface area contributed by atoms with E-state index in [1.54, 1.807) is 0 Å². The molecule has 19 heavy (non-hydrogen) atoms. The molecule has 1 heterocycles. The number of nitrogens with two attached hydrogens (primary N) is 1. The van der Waals surface area contributed by atoms with Gasteiger partial charge in [-0.25, -0.2) is 4.39 Å². The van der Waals surface area contributed by atoms with Crippen molar-refractivity contribution in [2.24, 2.45) is 11.1 Å². The fourth-order valence-corrected chi connectivity index (χ4v) is 2.98. The van der Waals surface area contributed by atoms with Crippen molar-refractivity contribution in [2.75, 3.05) is 13.2 Å². The topological polar surface area (TPSA) is 35.2 Å². The first-order valence-corrected chi connectivity index (χ1v) is 7.39. The van der Waals surface area contributed by atoms with E-state index in [1.807, 2.05) is 32.9 Å². The molecule has 0 aromatic heterocycles. The lowest BCUT2D eigenvalue weighted by atomic mass is 9.74. The average molecular weight is 330 g/mol. The van der Waals surface area contributed by atoms with Crippen LogP contribution in [-0.2, 0) is 12.8 Å². The van der Waals surface area contributed by atoms with Crippen LogP contribution in [0.1, 0.15) is 31.9 Å². The van der Waals surface area contributed by atoms with Crippen molar-refractivity contribution in [2.45, 2.75) is 39.3 Å². The molecule has 0 fully saturated rings. The second kappa shape index (κ2) is 5.06. The Labute approximate surface area is 122 Å². The fraction of sp³-hybridized carbons (Fsp3) is 0.600. The summed E-state index contributed by atoms with van der Waals surface area (Å²) in [7, 11) is 0. The number of alkyl halides is 1. The molecule has 1 atom stereocenters. The number of halogens is 2. The van der Waals surface area contributed by atoms with Gasteiger partial charge in [0.2, 0.25) is 0 Å². The molecule has 0 aliphatic carbocycles. The number of fused-ring (bicyclic) bond motifs is 1. The lowest BCUT2D eigenvalue weighted by Gasteiger charge is -2.37. The standard InChI is InChI=1S/C15H21BrFNO/c1-14(2,3)15(17,9-18)8-11-7-12(16)6-10-4-5-19-13(10)11/h6-7H,4-5,8-9,18H2,1-3H3. The first-order chi connectivity index (χ1) is 8.77. The maximum atomic E-state index is 15.1. The van der Waals surface area contributed by atoms with Crippen molar-refractivity contribution in [3.05, 3.63) is 27.7 Å². The summed E-state index contributed by atoms with van der Waals surface area (Å²) in [6, 6.07) is 3.99. The molecular formula is C15H21BrFNO. The van der Waals surface area contributed by atoms with Gasteiger partial charge >= 0.3 is 0 Å². The minimum absolute atomic E-state index is 0.0117. The molecule has 1 aromatic rings. The number of benzene rings is 1. The molecule has 4 heteroatoms. The van der Waals surface area contributed by atoms with Gasteiger partial charge in [0.05, 0.1) is 6.61 Å². The Morgan fingerprint density at radius 1 is 1.37 bits per heavy atom. The van der Waals surface area contributed by atoms with Crippen LogP contribution in [0.2, 0.25) is 0 Å². The maximum Gasteiger partial charge on any atom is 0.132 e. The van der Waals surface area contributed by atoms with Crippen molar-refractivity contribution >= 4 is 15.9 Å². The molecule has 0 saturated heterocycles. The highest BCUT2D eigenvalue weighted by molar-refractivity contribution is 9.10. The normalized spacial score (nSPS) is 17.8. The van der Waals surface area contributed by atoms with Gasteiger partial charge in [-0.05, 0) is 28.7 Å². The largest absolute Gasteiger partial charge is 0.493 e. The van der Waals surface area contributed by atoms with Gasteiger partial charge in [0.25, 0.3) is 0 Å². The summed E-state index contributed by atoms with van der Waals surface area (Å²) < 4.78 is 21.7. The van der Waals surface area contributed by atoms with Crippen LogP contribution in [0.25, 0.3) is 0 Å². The summed E-state index contributed by atoms with van der Waals surface area (Å²) in [6.45, 7) is 6.35. The molecule has 2 N–H and O–H groups in total. The second-order valence-corrected chi connectivity index (χ2v) is 7.16. The number of hydrogen-bond acceptors (Lipinski definition) is 2. The van der Waals surface area contributed by atoms with Crippen LogP contribution >= 0.6 is 15.9 Å². The van der Waals surface area contributed by atoms with Gasteiger partial charge in [-0.3, -0.25) is 0 Å². The Kier molecular flexibility index (Phi) is 3.94. The molecule has 2 rings (SSSR count). The molecular weight excluding hydrogens is 309 g/mol. The molecule has 0 saturated carbocycles. The molecule has 0 bridgehead atoms. The molecule has 1 aromatic carbocycles. The summed E-state index contributed by atoms with van der Waals surface area (Å²) >= 11 is 3.49. The van der Waals surface area contributed by atoms with Gasteiger partial charge in [0.1, 0.15) is 11.4 Å². The highest BCUT2D eigenvalue weighted by Gasteiger charge is 2.42. The first-order valence-electron chi connectivity index (χ1n) is 6.60. The van der Waals surface area contributed by atoms with Crippen molar-refractivity contribution in [3.8, 4) is 5.75 Å². The Morgan fingerprint density at radius 3 is 2.63 bits per heavy atom. The van der Waals surface area contributed by atoms with E-state index in [1.165, 1.54) is 0 Å². The SMILES string of the molecule is CC(C)(C)C(F)(CN)Cc1cc(Br)cc2c1OCC2. The lowest BCUT2D eigenvalue weighted by molar-refractivity contribution is 0.0377. The molecule has 0 radical (unpaired) electrons. The Morgan fingerprint density at radius 2 is 2.05 bits per heavy atom. The van der Waals surface area contributed by atoms with Gasteiger partial charge < -0.3 is 10.5 Å². The molecule has 2 nitrogen and oxygen atoms in total. The van der Waals surface area contributed by atoms with Crippen LogP contribution in [0.15, 0.2) is 16.6 Å². The first kappa shape index (κ1) is 14.8. The van der Waals surface area contributed by atoms with E-state index in [9.17, 15) is 0 Å². The zero-order valence-electron chi connectivity index (χ0n) is 11.7. The number of rotatable bonds is 3. The zero-order valence-corrected chi connectivity index (χ0v) is 13.3. The minimum atomic E-state index is -1.44. The van der Waals surface area contributed by atoms with Crippen molar-refractivity contribution in [1.29, 1.82) is 0 Å². The van der Waals surface area contributed by atoms with Crippen LogP contribution in [0, 0.1) is 5.41 Å². The average Bonchev–Trinajstić information content (AvgIpc) is 2.75. The Hall–Kier alpha value is -0.610. The van der Waals surface area contributed by atoms with Gasteiger partial charge in [-0.1, -0.05) is 36.7 Å². The minimum Gasteiger partial charge on any atom is -0.493 e. The van der Waals surface area contributed by atoms with Crippen molar-refractivity contribution in [3.63, 3.8) is 0 Å². The van der Waals surface area contributed by atoms with E-state index >= 15 is 4.39 Å². The second-order valence-electron chi connectivity index (χ2n) is 6.25. The van der Waals surface area contributed by atoms with E-state index < -0.39 is 11.1 Å². The van der Waals surface area contributed by atoms with Crippen LogP contribution in [0.5, 0.6) is 5.75 Å². The number of hydrogen-bond donors (Lipinski definition) is 1. The van der Waals surface area contributed by atoms with Gasteiger partial charge in [-0.15, -0.1) is 0 Å². The highest BCUT2D eigenvalue weighted by atomic mass is 79.9. The zero-order chi connectivity index (χ0) is 14.3. The van der Waals surface area contributed by atoms with Crippen molar-refractivity contribution < 1.29 is 9.13 Å². The third-order valence-corrected chi connectivity index (χ3v) is 4.42. The molecule has 0 spiro atoms. The van der Waals surface area contributed by atoms with Crippen LogP contribution in [0.3, 0.4) is 0 Å². The predicted molar refractivity (Wildman–Crippen MR) is 79.4 cm³/mol. The third-order valence-electron chi connectivity index (χ3n) is 3.96. The Balaban J connectivity index is 2.38.